The van der Waals surface area contributed by atoms with E-state index in [1.807, 2.05) is 0 Å². The smallest absolute Gasteiger partial charge is 0.245 e. The zero-order valence-corrected chi connectivity index (χ0v) is 13.6. The molecule has 9 heteroatoms. The minimum atomic E-state index is 0.0173. The van der Waals surface area contributed by atoms with E-state index in [0.717, 1.165) is 31.7 Å². The van der Waals surface area contributed by atoms with E-state index in [-0.39, 0.29) is 6.10 Å². The molecule has 4 rings (SSSR count). The number of anilines is 2. The molecule has 0 unspecified atom stereocenters. The Hall–Kier alpha value is -2.00. The number of nitrogens with zero attached hydrogens (tertiary/aromatic N) is 5. The van der Waals surface area contributed by atoms with Crippen molar-refractivity contribution in [1.29, 1.82) is 0 Å². The van der Waals surface area contributed by atoms with Crippen LogP contribution in [-0.2, 0) is 9.47 Å². The van der Waals surface area contributed by atoms with Crippen molar-refractivity contribution in [3.05, 3.63) is 0 Å². The first kappa shape index (κ1) is 15.5. The average Bonchev–Trinajstić information content (AvgIpc) is 2.91. The van der Waals surface area contributed by atoms with Crippen molar-refractivity contribution in [1.82, 2.24) is 20.3 Å². The average molecular weight is 334 g/mol. The lowest BCUT2D eigenvalue weighted by atomic mass is 10.2. The Kier molecular flexibility index (Phi) is 4.70. The summed E-state index contributed by atoms with van der Waals surface area (Å²) in [4.78, 5) is 11.4. The van der Waals surface area contributed by atoms with Gasteiger partial charge in [-0.2, -0.15) is 0 Å². The highest BCUT2D eigenvalue weighted by Crippen LogP contribution is 2.26. The van der Waals surface area contributed by atoms with E-state index in [4.69, 9.17) is 14.1 Å². The number of ether oxygens (including phenoxy) is 2. The van der Waals surface area contributed by atoms with E-state index in [0.29, 0.717) is 43.5 Å². The molecular formula is C15H22N6O3. The Morgan fingerprint density at radius 1 is 1.00 bits per heavy atom. The standard InChI is InChI=1S/C15H22N6O3/c1-2-4-6-21(5-3-1)15-14(16-9-11-10-22-7-8-23-11)17-12-13(18-15)20-24-19-12/h11H,1-10H2,(H,16,17,19)/t11-/m1/s1. The Morgan fingerprint density at radius 2 is 1.79 bits per heavy atom. The normalized spacial score (nSPS) is 22.5. The van der Waals surface area contributed by atoms with Crippen LogP contribution < -0.4 is 10.2 Å². The highest BCUT2D eigenvalue weighted by Gasteiger charge is 2.21. The molecule has 0 aliphatic carbocycles. The predicted molar refractivity (Wildman–Crippen MR) is 87.1 cm³/mol. The number of nitrogens with one attached hydrogen (secondary N) is 1. The van der Waals surface area contributed by atoms with Gasteiger partial charge in [-0.25, -0.2) is 14.6 Å². The summed E-state index contributed by atoms with van der Waals surface area (Å²) in [6.45, 7) is 4.45. The summed E-state index contributed by atoms with van der Waals surface area (Å²) < 4.78 is 15.9. The Balaban J connectivity index is 1.57. The first-order valence-corrected chi connectivity index (χ1v) is 8.58. The van der Waals surface area contributed by atoms with E-state index in [9.17, 15) is 0 Å². The molecule has 0 bridgehead atoms. The molecule has 2 fully saturated rings. The first-order valence-electron chi connectivity index (χ1n) is 8.58. The fraction of sp³-hybridized carbons (Fsp3) is 0.733. The van der Waals surface area contributed by atoms with E-state index in [1.165, 1.54) is 12.8 Å². The Morgan fingerprint density at radius 3 is 2.54 bits per heavy atom. The van der Waals surface area contributed by atoms with Crippen molar-refractivity contribution in [3.8, 4) is 0 Å². The molecule has 2 aromatic heterocycles. The van der Waals surface area contributed by atoms with Crippen LogP contribution in [0.4, 0.5) is 11.6 Å². The van der Waals surface area contributed by atoms with Gasteiger partial charge in [0.15, 0.2) is 11.6 Å². The van der Waals surface area contributed by atoms with Gasteiger partial charge in [-0.1, -0.05) is 12.8 Å². The van der Waals surface area contributed by atoms with Gasteiger partial charge in [0.05, 0.1) is 25.9 Å². The second-order valence-electron chi connectivity index (χ2n) is 6.16. The molecule has 2 aliphatic heterocycles. The molecule has 9 nitrogen and oxygen atoms in total. The van der Waals surface area contributed by atoms with E-state index < -0.39 is 0 Å². The van der Waals surface area contributed by atoms with Crippen molar-refractivity contribution in [2.75, 3.05) is 49.7 Å². The van der Waals surface area contributed by atoms with Crippen molar-refractivity contribution in [3.63, 3.8) is 0 Å². The van der Waals surface area contributed by atoms with Gasteiger partial charge in [0.25, 0.3) is 0 Å². The van der Waals surface area contributed by atoms with E-state index >= 15 is 0 Å². The third-order valence-corrected chi connectivity index (χ3v) is 4.38. The summed E-state index contributed by atoms with van der Waals surface area (Å²) in [5, 5.41) is 11.0. The lowest BCUT2D eigenvalue weighted by Gasteiger charge is -2.26. The summed E-state index contributed by atoms with van der Waals surface area (Å²) in [6.07, 6.45) is 4.86. The maximum Gasteiger partial charge on any atom is 0.245 e. The maximum atomic E-state index is 5.68. The SMILES string of the molecule is C1CCCN(c2nc3nonc3nc2NC[C@@H]2COCCO2)CC1. The van der Waals surface area contributed by atoms with Crippen LogP contribution in [0.2, 0.25) is 0 Å². The van der Waals surface area contributed by atoms with Crippen LogP contribution >= 0.6 is 0 Å². The molecule has 130 valence electrons. The highest BCUT2D eigenvalue weighted by molar-refractivity contribution is 5.74. The molecule has 2 saturated heterocycles. The van der Waals surface area contributed by atoms with Crippen molar-refractivity contribution in [2.24, 2.45) is 0 Å². The third kappa shape index (κ3) is 3.41. The molecule has 2 aromatic rings. The van der Waals surface area contributed by atoms with Crippen LogP contribution in [-0.4, -0.2) is 65.8 Å². The number of hydrogen-bond acceptors (Lipinski definition) is 9. The van der Waals surface area contributed by atoms with Gasteiger partial charge in [0, 0.05) is 19.6 Å². The number of hydrogen-bond donors (Lipinski definition) is 1. The first-order chi connectivity index (χ1) is 11.9. The van der Waals surface area contributed by atoms with Gasteiger partial charge in [0.2, 0.25) is 11.3 Å². The summed E-state index contributed by atoms with van der Waals surface area (Å²) in [5.41, 5.74) is 0.855. The van der Waals surface area contributed by atoms with Gasteiger partial charge in [-0.3, -0.25) is 0 Å². The molecule has 0 amide bonds. The van der Waals surface area contributed by atoms with Crippen molar-refractivity contribution >= 4 is 22.9 Å². The summed E-state index contributed by atoms with van der Waals surface area (Å²) in [6, 6.07) is 0. The molecule has 0 aromatic carbocycles. The zero-order chi connectivity index (χ0) is 16.2. The second kappa shape index (κ2) is 7.27. The summed E-state index contributed by atoms with van der Waals surface area (Å²) in [7, 11) is 0. The van der Waals surface area contributed by atoms with E-state index in [2.05, 4.69) is 30.5 Å². The van der Waals surface area contributed by atoms with Crippen molar-refractivity contribution in [2.45, 2.75) is 31.8 Å². The Labute approximate surface area is 139 Å². The fourth-order valence-electron chi connectivity index (χ4n) is 3.12. The number of fused-ring (bicyclic) bond motifs is 1. The van der Waals surface area contributed by atoms with Crippen LogP contribution in [0.1, 0.15) is 25.7 Å². The van der Waals surface area contributed by atoms with Gasteiger partial charge in [-0.05, 0) is 23.2 Å². The quantitative estimate of drug-likeness (QED) is 0.884. The van der Waals surface area contributed by atoms with E-state index in [1.54, 1.807) is 0 Å². The molecule has 24 heavy (non-hydrogen) atoms. The molecule has 2 aliphatic rings. The predicted octanol–water partition coefficient (Wildman–Crippen LogP) is 1.22. The Bertz CT molecular complexity index is 664. The van der Waals surface area contributed by atoms with Gasteiger partial charge in [0.1, 0.15) is 0 Å². The summed E-state index contributed by atoms with van der Waals surface area (Å²) in [5.74, 6) is 1.52. The highest BCUT2D eigenvalue weighted by atomic mass is 16.6. The molecule has 4 heterocycles. The van der Waals surface area contributed by atoms with Gasteiger partial charge >= 0.3 is 0 Å². The number of rotatable bonds is 4. The summed E-state index contributed by atoms with van der Waals surface area (Å²) >= 11 is 0. The van der Waals surface area contributed by atoms with Gasteiger partial charge in [-0.15, -0.1) is 0 Å². The van der Waals surface area contributed by atoms with Gasteiger partial charge < -0.3 is 19.7 Å². The lowest BCUT2D eigenvalue weighted by Crippen LogP contribution is -2.35. The molecule has 0 spiro atoms. The maximum absolute atomic E-state index is 5.68. The molecule has 0 saturated carbocycles. The van der Waals surface area contributed by atoms with Crippen LogP contribution in [0.25, 0.3) is 11.3 Å². The third-order valence-electron chi connectivity index (χ3n) is 4.38. The monoisotopic (exact) mass is 334 g/mol. The van der Waals surface area contributed by atoms with Crippen LogP contribution in [0, 0.1) is 0 Å². The largest absolute Gasteiger partial charge is 0.376 e. The molecular weight excluding hydrogens is 312 g/mol. The minimum Gasteiger partial charge on any atom is -0.376 e. The van der Waals surface area contributed by atoms with Crippen LogP contribution in [0.15, 0.2) is 4.63 Å². The zero-order valence-electron chi connectivity index (χ0n) is 13.6. The topological polar surface area (TPSA) is 98.4 Å². The van der Waals surface area contributed by atoms with Crippen LogP contribution in [0.3, 0.4) is 0 Å². The lowest BCUT2D eigenvalue weighted by molar-refractivity contribution is -0.0819. The molecule has 0 radical (unpaired) electrons. The minimum absolute atomic E-state index is 0.0173. The molecule has 1 N–H and O–H groups in total. The number of aromatic nitrogens is 4. The fourth-order valence-corrected chi connectivity index (χ4v) is 3.12. The molecule has 1 atom stereocenters. The van der Waals surface area contributed by atoms with Crippen molar-refractivity contribution < 1.29 is 14.1 Å². The van der Waals surface area contributed by atoms with Crippen LogP contribution in [0.5, 0.6) is 0 Å². The second-order valence-corrected chi connectivity index (χ2v) is 6.16.